The Balaban J connectivity index is 0.000000791. The van der Waals surface area contributed by atoms with Gasteiger partial charge in [-0.05, 0) is 12.8 Å². The van der Waals surface area contributed by atoms with Gasteiger partial charge in [0, 0.05) is 0 Å². The first-order valence-electron chi connectivity index (χ1n) is 4.08. The molecular weight excluding hydrogens is 188 g/mol. The van der Waals surface area contributed by atoms with E-state index < -0.39 is 23.8 Å². The minimum absolute atomic E-state index is 0.419. The summed E-state index contributed by atoms with van der Waals surface area (Å²) in [5.41, 5.74) is 0. The van der Waals surface area contributed by atoms with Gasteiger partial charge in [0.05, 0.1) is 11.8 Å². The molecule has 2 unspecified atom stereocenters. The van der Waals surface area contributed by atoms with Crippen molar-refractivity contribution in [1.82, 2.24) is 0 Å². The van der Waals surface area contributed by atoms with E-state index >= 15 is 0 Å². The molecule has 0 spiro atoms. The van der Waals surface area contributed by atoms with Crippen LogP contribution >= 0.6 is 0 Å². The zero-order chi connectivity index (χ0) is 11.1. The highest BCUT2D eigenvalue weighted by Gasteiger charge is 2.32. The second kappa shape index (κ2) is 6.11. The van der Waals surface area contributed by atoms with Crippen molar-refractivity contribution < 1.29 is 19.8 Å². The molecule has 0 radical (unpaired) electrons. The van der Waals surface area contributed by atoms with Gasteiger partial charge in [-0.3, -0.25) is 21.3 Å². The van der Waals surface area contributed by atoms with Crippen molar-refractivity contribution in [3.63, 3.8) is 0 Å². The zero-order valence-corrected chi connectivity index (χ0v) is 7.59. The first kappa shape index (κ1) is 12.6. The molecule has 0 aromatic heterocycles. The van der Waals surface area contributed by atoms with E-state index in [1.165, 1.54) is 6.08 Å². The van der Waals surface area contributed by atoms with Gasteiger partial charge < -0.3 is 10.2 Å². The van der Waals surface area contributed by atoms with Gasteiger partial charge in [-0.2, -0.15) is 0 Å². The lowest BCUT2D eigenvalue weighted by Crippen LogP contribution is -2.30. The van der Waals surface area contributed by atoms with Crippen molar-refractivity contribution >= 4 is 11.9 Å². The van der Waals surface area contributed by atoms with Crippen molar-refractivity contribution in [1.29, 1.82) is 0 Å². The fraction of sp³-hybridized carbons (Fsp3) is 0.500. The zero-order valence-electron chi connectivity index (χ0n) is 7.59. The van der Waals surface area contributed by atoms with E-state index in [1.807, 2.05) is 0 Å². The van der Waals surface area contributed by atoms with Crippen LogP contribution in [0, 0.1) is 11.8 Å². The third kappa shape index (κ3) is 3.15. The average molecular weight is 202 g/mol. The lowest BCUT2D eigenvalue weighted by atomic mass is 9.84. The van der Waals surface area contributed by atoms with E-state index in [-0.39, 0.29) is 0 Å². The molecule has 1 aliphatic rings. The van der Waals surface area contributed by atoms with Crippen molar-refractivity contribution in [2.45, 2.75) is 12.8 Å². The molecule has 0 amide bonds. The molecule has 1 rings (SSSR count). The number of aliphatic carboxylic acids is 2. The fourth-order valence-electron chi connectivity index (χ4n) is 1.36. The molecular formula is C8H14N2O4. The molecule has 1 aliphatic carbocycles. The molecule has 6 N–H and O–H groups in total. The van der Waals surface area contributed by atoms with Crippen LogP contribution in [0.1, 0.15) is 12.8 Å². The topological polar surface area (TPSA) is 127 Å². The number of hydrogen-bond acceptors (Lipinski definition) is 4. The highest BCUT2D eigenvalue weighted by molar-refractivity contribution is 5.81. The SMILES string of the molecule is NN.O=C(O)C1C=CCCC1C(=O)O. The Morgan fingerprint density at radius 2 is 1.79 bits per heavy atom. The van der Waals surface area contributed by atoms with Crippen LogP contribution in [0.2, 0.25) is 0 Å². The molecule has 0 fully saturated rings. The lowest BCUT2D eigenvalue weighted by Gasteiger charge is -2.19. The van der Waals surface area contributed by atoms with Crippen LogP contribution in [0.3, 0.4) is 0 Å². The van der Waals surface area contributed by atoms with Gasteiger partial charge in [0.1, 0.15) is 0 Å². The number of rotatable bonds is 2. The van der Waals surface area contributed by atoms with E-state index in [2.05, 4.69) is 11.7 Å². The van der Waals surface area contributed by atoms with Gasteiger partial charge in [0.25, 0.3) is 0 Å². The van der Waals surface area contributed by atoms with Gasteiger partial charge >= 0.3 is 11.9 Å². The number of hydrogen-bond donors (Lipinski definition) is 4. The molecule has 6 nitrogen and oxygen atoms in total. The van der Waals surface area contributed by atoms with Gasteiger partial charge in [0.15, 0.2) is 0 Å². The highest BCUT2D eigenvalue weighted by atomic mass is 16.4. The molecule has 0 heterocycles. The second-order valence-electron chi connectivity index (χ2n) is 2.81. The molecule has 6 heteroatoms. The maximum Gasteiger partial charge on any atom is 0.311 e. The van der Waals surface area contributed by atoms with E-state index in [9.17, 15) is 9.59 Å². The Bertz CT molecular complexity index is 239. The fourth-order valence-corrected chi connectivity index (χ4v) is 1.36. The summed E-state index contributed by atoms with van der Waals surface area (Å²) in [7, 11) is 0. The van der Waals surface area contributed by atoms with Crippen molar-refractivity contribution in [2.75, 3.05) is 0 Å². The molecule has 2 atom stereocenters. The summed E-state index contributed by atoms with van der Waals surface area (Å²) < 4.78 is 0. The number of nitrogens with two attached hydrogens (primary N) is 2. The third-order valence-electron chi connectivity index (χ3n) is 2.02. The standard InChI is InChI=1S/C8H10O4.H4N2/c9-7(10)5-3-1-2-4-6(5)8(11)12;1-2/h1,3,5-6H,2,4H2,(H,9,10)(H,11,12);1-2H2. The molecule has 0 aromatic rings. The Hall–Kier alpha value is -1.40. The van der Waals surface area contributed by atoms with Gasteiger partial charge in [-0.25, -0.2) is 0 Å². The Morgan fingerprint density at radius 3 is 2.14 bits per heavy atom. The quantitative estimate of drug-likeness (QED) is 0.273. The predicted molar refractivity (Wildman–Crippen MR) is 49.0 cm³/mol. The number of carboxylic acids is 2. The van der Waals surface area contributed by atoms with Gasteiger partial charge in [-0.15, -0.1) is 0 Å². The summed E-state index contributed by atoms with van der Waals surface area (Å²) >= 11 is 0. The van der Waals surface area contributed by atoms with Crippen molar-refractivity contribution in [2.24, 2.45) is 23.5 Å². The predicted octanol–water partition coefficient (Wildman–Crippen LogP) is -0.443. The van der Waals surface area contributed by atoms with Crippen molar-refractivity contribution in [3.8, 4) is 0 Å². The smallest absolute Gasteiger partial charge is 0.311 e. The molecule has 0 bridgehead atoms. The molecule has 14 heavy (non-hydrogen) atoms. The average Bonchev–Trinajstić information content (AvgIpc) is 2.20. The van der Waals surface area contributed by atoms with E-state index in [1.54, 1.807) is 6.08 Å². The maximum absolute atomic E-state index is 10.6. The summed E-state index contributed by atoms with van der Waals surface area (Å²) in [5, 5.41) is 17.3. The first-order valence-corrected chi connectivity index (χ1v) is 4.08. The van der Waals surface area contributed by atoms with Crippen LogP contribution in [0.15, 0.2) is 12.2 Å². The minimum Gasteiger partial charge on any atom is -0.481 e. The maximum atomic E-state index is 10.6. The molecule has 0 aromatic carbocycles. The second-order valence-corrected chi connectivity index (χ2v) is 2.81. The minimum atomic E-state index is -1.06. The highest BCUT2D eigenvalue weighted by Crippen LogP contribution is 2.24. The Kier molecular flexibility index (Phi) is 5.50. The number of hydrazine groups is 1. The van der Waals surface area contributed by atoms with Crippen LogP contribution < -0.4 is 11.7 Å². The summed E-state index contributed by atoms with van der Waals surface area (Å²) in [5.74, 6) is 4.31. The molecule has 0 aliphatic heterocycles. The number of carboxylic acid groups (broad SMARTS) is 2. The Morgan fingerprint density at radius 1 is 1.21 bits per heavy atom. The van der Waals surface area contributed by atoms with Crippen LogP contribution in [0.25, 0.3) is 0 Å². The first-order chi connectivity index (χ1) is 6.63. The van der Waals surface area contributed by atoms with Crippen LogP contribution in [0.4, 0.5) is 0 Å². The molecule has 0 saturated carbocycles. The summed E-state index contributed by atoms with van der Waals surface area (Å²) in [6, 6.07) is 0. The summed E-state index contributed by atoms with van der Waals surface area (Å²) in [6.07, 6.45) is 4.26. The largest absolute Gasteiger partial charge is 0.481 e. The van der Waals surface area contributed by atoms with E-state index in [0.29, 0.717) is 12.8 Å². The summed E-state index contributed by atoms with van der Waals surface area (Å²) in [4.78, 5) is 21.1. The lowest BCUT2D eigenvalue weighted by molar-refractivity contribution is -0.152. The van der Waals surface area contributed by atoms with Crippen LogP contribution in [0.5, 0.6) is 0 Å². The van der Waals surface area contributed by atoms with Crippen LogP contribution in [-0.2, 0) is 9.59 Å². The Labute approximate surface area is 81.2 Å². The summed E-state index contributed by atoms with van der Waals surface area (Å²) in [6.45, 7) is 0. The van der Waals surface area contributed by atoms with Crippen molar-refractivity contribution in [3.05, 3.63) is 12.2 Å². The number of carbonyl (C=O) groups is 2. The van der Waals surface area contributed by atoms with E-state index in [0.717, 1.165) is 0 Å². The molecule has 0 saturated heterocycles. The van der Waals surface area contributed by atoms with E-state index in [4.69, 9.17) is 10.2 Å². The van der Waals surface area contributed by atoms with Gasteiger partial charge in [-0.1, -0.05) is 12.2 Å². The molecule has 80 valence electrons. The monoisotopic (exact) mass is 202 g/mol. The number of allylic oxidation sites excluding steroid dienone is 1. The van der Waals surface area contributed by atoms with Crippen LogP contribution in [-0.4, -0.2) is 22.2 Å². The van der Waals surface area contributed by atoms with Gasteiger partial charge in [0.2, 0.25) is 0 Å². The third-order valence-corrected chi connectivity index (χ3v) is 2.02. The normalized spacial score (nSPS) is 24.7.